The van der Waals surface area contributed by atoms with E-state index in [9.17, 15) is 4.79 Å². The molecule has 1 aromatic carbocycles. The third-order valence-electron chi connectivity index (χ3n) is 2.20. The molecule has 3 N–H and O–H groups in total. The Morgan fingerprint density at radius 2 is 2.39 bits per heavy atom. The number of aromatic nitrogens is 3. The fourth-order valence-corrected chi connectivity index (χ4v) is 2.12. The molecule has 0 saturated carbocycles. The Morgan fingerprint density at radius 3 is 3.06 bits per heavy atom. The summed E-state index contributed by atoms with van der Waals surface area (Å²) in [5.41, 5.74) is 6.95. The van der Waals surface area contributed by atoms with Crippen molar-refractivity contribution in [2.75, 3.05) is 12.8 Å². The van der Waals surface area contributed by atoms with Crippen LogP contribution in [-0.2, 0) is 10.5 Å². The van der Waals surface area contributed by atoms with E-state index in [0.29, 0.717) is 22.4 Å². The van der Waals surface area contributed by atoms with Gasteiger partial charge in [0.05, 0.1) is 12.7 Å². The van der Waals surface area contributed by atoms with Crippen LogP contribution in [-0.4, -0.2) is 28.3 Å². The summed E-state index contributed by atoms with van der Waals surface area (Å²) in [5.74, 6) is 0.604. The van der Waals surface area contributed by atoms with E-state index in [-0.39, 0.29) is 5.97 Å². The fourth-order valence-electron chi connectivity index (χ4n) is 1.38. The average molecular weight is 264 g/mol. The molecule has 0 unspecified atom stereocenters. The van der Waals surface area contributed by atoms with Gasteiger partial charge >= 0.3 is 5.97 Å². The molecule has 2 rings (SSSR count). The fraction of sp³-hybridized carbons (Fsp3) is 0.182. The number of esters is 1. The van der Waals surface area contributed by atoms with E-state index in [2.05, 4.69) is 19.9 Å². The standard InChI is InChI=1S/C11H12N4O2S/c1-17-9(16)8-4-2-3-7(5-8)6-18-11-13-10(12)14-15-11/h2-5H,6H2,1H3,(H3,12,13,14,15). The second-order valence-electron chi connectivity index (χ2n) is 3.48. The number of nitrogens with zero attached hydrogens (tertiary/aromatic N) is 2. The van der Waals surface area contributed by atoms with Gasteiger partial charge in [-0.1, -0.05) is 23.9 Å². The topological polar surface area (TPSA) is 93.9 Å². The first kappa shape index (κ1) is 12.4. The summed E-state index contributed by atoms with van der Waals surface area (Å²) >= 11 is 1.44. The number of hydrogen-bond donors (Lipinski definition) is 2. The zero-order chi connectivity index (χ0) is 13.0. The number of methoxy groups -OCH3 is 1. The molecule has 0 aliphatic carbocycles. The summed E-state index contributed by atoms with van der Waals surface area (Å²) in [6.07, 6.45) is 0. The van der Waals surface area contributed by atoms with Crippen LogP contribution in [0.2, 0.25) is 0 Å². The molecule has 0 amide bonds. The summed E-state index contributed by atoms with van der Waals surface area (Å²) < 4.78 is 4.67. The highest BCUT2D eigenvalue weighted by Crippen LogP contribution is 2.20. The van der Waals surface area contributed by atoms with Crippen molar-refractivity contribution >= 4 is 23.7 Å². The van der Waals surface area contributed by atoms with E-state index in [1.165, 1.54) is 18.9 Å². The molecule has 0 radical (unpaired) electrons. The lowest BCUT2D eigenvalue weighted by Gasteiger charge is -2.02. The second kappa shape index (κ2) is 5.54. The highest BCUT2D eigenvalue weighted by atomic mass is 32.2. The number of carbonyl (C=O) groups is 1. The van der Waals surface area contributed by atoms with Crippen LogP contribution in [0.5, 0.6) is 0 Å². The van der Waals surface area contributed by atoms with Gasteiger partial charge in [0.1, 0.15) is 0 Å². The predicted octanol–water partition coefficient (Wildman–Crippen LogP) is 1.47. The second-order valence-corrected chi connectivity index (χ2v) is 4.43. The number of anilines is 1. The van der Waals surface area contributed by atoms with Crippen LogP contribution in [0.15, 0.2) is 29.4 Å². The van der Waals surface area contributed by atoms with Crippen LogP contribution >= 0.6 is 11.8 Å². The molecule has 0 aliphatic rings. The van der Waals surface area contributed by atoms with E-state index in [0.717, 1.165) is 5.56 Å². The maximum Gasteiger partial charge on any atom is 0.337 e. The molecule has 2 aromatic rings. The number of aromatic amines is 1. The number of nitrogens with one attached hydrogen (secondary N) is 1. The Labute approximate surface area is 108 Å². The van der Waals surface area contributed by atoms with Crippen molar-refractivity contribution in [3.05, 3.63) is 35.4 Å². The minimum Gasteiger partial charge on any atom is -0.465 e. The molecule has 0 saturated heterocycles. The largest absolute Gasteiger partial charge is 0.465 e. The molecule has 0 fully saturated rings. The molecule has 0 aliphatic heterocycles. The van der Waals surface area contributed by atoms with Gasteiger partial charge in [-0.15, -0.1) is 5.10 Å². The maximum absolute atomic E-state index is 11.4. The molecule has 0 atom stereocenters. The van der Waals surface area contributed by atoms with Crippen molar-refractivity contribution in [3.8, 4) is 0 Å². The average Bonchev–Trinajstić information content (AvgIpc) is 2.81. The van der Waals surface area contributed by atoms with Gasteiger partial charge in [-0.2, -0.15) is 4.98 Å². The Kier molecular flexibility index (Phi) is 3.83. The Bertz CT molecular complexity index is 555. The first-order valence-corrected chi connectivity index (χ1v) is 6.15. The third kappa shape index (κ3) is 3.01. The lowest BCUT2D eigenvalue weighted by molar-refractivity contribution is 0.0600. The van der Waals surface area contributed by atoms with E-state index in [4.69, 9.17) is 5.73 Å². The molecule has 94 valence electrons. The maximum atomic E-state index is 11.4. The number of thioether (sulfide) groups is 1. The number of rotatable bonds is 4. The van der Waals surface area contributed by atoms with Gasteiger partial charge in [-0.25, -0.2) is 9.89 Å². The summed E-state index contributed by atoms with van der Waals surface area (Å²) in [4.78, 5) is 15.3. The lowest BCUT2D eigenvalue weighted by atomic mass is 10.1. The molecule has 0 bridgehead atoms. The van der Waals surface area contributed by atoms with Crippen molar-refractivity contribution in [1.82, 2.24) is 15.2 Å². The number of nitrogen functional groups attached to an aromatic ring is 1. The zero-order valence-electron chi connectivity index (χ0n) is 9.71. The van der Waals surface area contributed by atoms with E-state index in [1.54, 1.807) is 12.1 Å². The number of carbonyl (C=O) groups excluding carboxylic acids is 1. The third-order valence-corrected chi connectivity index (χ3v) is 3.12. The normalized spacial score (nSPS) is 10.3. The molecule has 0 spiro atoms. The van der Waals surface area contributed by atoms with Crippen LogP contribution in [0.4, 0.5) is 5.95 Å². The molecule has 18 heavy (non-hydrogen) atoms. The number of H-pyrrole nitrogens is 1. The molecule has 1 aromatic heterocycles. The monoisotopic (exact) mass is 264 g/mol. The van der Waals surface area contributed by atoms with E-state index in [1.807, 2.05) is 12.1 Å². The molecular formula is C11H12N4O2S. The number of benzene rings is 1. The van der Waals surface area contributed by atoms with Gasteiger partial charge in [0.25, 0.3) is 0 Å². The number of nitrogens with two attached hydrogens (primary N) is 1. The predicted molar refractivity (Wildman–Crippen MR) is 68.1 cm³/mol. The van der Waals surface area contributed by atoms with Gasteiger partial charge in [0, 0.05) is 5.75 Å². The van der Waals surface area contributed by atoms with Crippen molar-refractivity contribution < 1.29 is 9.53 Å². The smallest absolute Gasteiger partial charge is 0.337 e. The van der Waals surface area contributed by atoms with Crippen molar-refractivity contribution in [2.45, 2.75) is 10.9 Å². The van der Waals surface area contributed by atoms with Crippen molar-refractivity contribution in [3.63, 3.8) is 0 Å². The molecule has 1 heterocycles. The van der Waals surface area contributed by atoms with Gasteiger partial charge in [0.2, 0.25) is 11.1 Å². The first-order valence-electron chi connectivity index (χ1n) is 5.17. The summed E-state index contributed by atoms with van der Waals surface area (Å²) in [5, 5.41) is 7.06. The number of hydrogen-bond acceptors (Lipinski definition) is 6. The van der Waals surface area contributed by atoms with Crippen LogP contribution in [0, 0.1) is 0 Å². The highest BCUT2D eigenvalue weighted by Gasteiger charge is 2.07. The van der Waals surface area contributed by atoms with Crippen LogP contribution in [0.25, 0.3) is 0 Å². The van der Waals surface area contributed by atoms with Gasteiger partial charge < -0.3 is 10.5 Å². The summed E-state index contributed by atoms with van der Waals surface area (Å²) in [7, 11) is 1.36. The lowest BCUT2D eigenvalue weighted by Crippen LogP contribution is -2.01. The van der Waals surface area contributed by atoms with Gasteiger partial charge in [0.15, 0.2) is 0 Å². The van der Waals surface area contributed by atoms with Crippen LogP contribution in [0.3, 0.4) is 0 Å². The molecule has 7 heteroatoms. The zero-order valence-corrected chi connectivity index (χ0v) is 10.5. The minimum atomic E-state index is -0.344. The van der Waals surface area contributed by atoms with Gasteiger partial charge in [-0.05, 0) is 17.7 Å². The Morgan fingerprint density at radius 1 is 1.56 bits per heavy atom. The van der Waals surface area contributed by atoms with Crippen LogP contribution in [0.1, 0.15) is 15.9 Å². The molecular weight excluding hydrogens is 252 g/mol. The van der Waals surface area contributed by atoms with E-state index < -0.39 is 0 Å². The Hall–Kier alpha value is -2.02. The van der Waals surface area contributed by atoms with Gasteiger partial charge in [-0.3, -0.25) is 0 Å². The van der Waals surface area contributed by atoms with Crippen LogP contribution < -0.4 is 5.73 Å². The molecule has 6 nitrogen and oxygen atoms in total. The van der Waals surface area contributed by atoms with Crippen molar-refractivity contribution in [1.29, 1.82) is 0 Å². The summed E-state index contributed by atoms with van der Waals surface area (Å²) in [6, 6.07) is 7.24. The Balaban J connectivity index is 2.03. The summed E-state index contributed by atoms with van der Waals surface area (Å²) in [6.45, 7) is 0. The minimum absolute atomic E-state index is 0.292. The van der Waals surface area contributed by atoms with Crippen molar-refractivity contribution in [2.24, 2.45) is 0 Å². The number of ether oxygens (including phenoxy) is 1. The first-order chi connectivity index (χ1) is 8.69. The van der Waals surface area contributed by atoms with E-state index >= 15 is 0 Å². The SMILES string of the molecule is COC(=O)c1cccc(CSc2n[nH]c(N)n2)c1. The highest BCUT2D eigenvalue weighted by molar-refractivity contribution is 7.98. The quantitative estimate of drug-likeness (QED) is 0.641.